The highest BCUT2D eigenvalue weighted by molar-refractivity contribution is 7.71. The van der Waals surface area contributed by atoms with E-state index in [1.54, 1.807) is 0 Å². The van der Waals surface area contributed by atoms with Crippen LogP contribution in [0.5, 0.6) is 0 Å². The molecule has 2 aromatic rings. The van der Waals surface area contributed by atoms with Crippen LogP contribution < -0.4 is 0 Å². The molecule has 0 saturated heterocycles. The molecule has 1 N–H and O–H groups in total. The maximum Gasteiger partial charge on any atom is 0.179 e. The second kappa shape index (κ2) is 5.02. The molecule has 0 bridgehead atoms. The summed E-state index contributed by atoms with van der Waals surface area (Å²) in [7, 11) is 2.03. The van der Waals surface area contributed by atoms with Crippen molar-refractivity contribution >= 4 is 23.4 Å². The zero-order valence-corrected chi connectivity index (χ0v) is 13.6. The van der Waals surface area contributed by atoms with E-state index in [9.17, 15) is 0 Å². The summed E-state index contributed by atoms with van der Waals surface area (Å²) >= 11 is 5.60. The number of rotatable bonds is 3. The second-order valence-electron chi connectivity index (χ2n) is 6.09. The summed E-state index contributed by atoms with van der Waals surface area (Å²) in [5, 5.41) is 4.62. The van der Waals surface area contributed by atoms with Crippen LogP contribution in [0.4, 0.5) is 0 Å². The van der Waals surface area contributed by atoms with Gasteiger partial charge in [0.1, 0.15) is 5.52 Å². The van der Waals surface area contributed by atoms with Gasteiger partial charge in [-0.3, -0.25) is 9.25 Å². The van der Waals surface area contributed by atoms with Crippen LogP contribution in [-0.4, -0.2) is 19.3 Å². The number of hydrogen-bond acceptors (Lipinski definition) is 2. The van der Waals surface area contributed by atoms with Gasteiger partial charge in [-0.15, -0.1) is 0 Å². The normalized spacial score (nSPS) is 26.7. The predicted octanol–water partition coefficient (Wildman–Crippen LogP) is 3.99. The van der Waals surface area contributed by atoms with E-state index in [-0.39, 0.29) is 0 Å². The van der Waals surface area contributed by atoms with Gasteiger partial charge in [0.25, 0.3) is 0 Å². The Morgan fingerprint density at radius 2 is 2.10 bits per heavy atom. The van der Waals surface area contributed by atoms with Gasteiger partial charge in [0.05, 0.1) is 5.69 Å². The highest BCUT2D eigenvalue weighted by Crippen LogP contribution is 2.43. The Morgan fingerprint density at radius 3 is 2.70 bits per heavy atom. The lowest BCUT2D eigenvalue weighted by Gasteiger charge is -2.21. The van der Waals surface area contributed by atoms with Crippen molar-refractivity contribution < 1.29 is 0 Å². The largest absolute Gasteiger partial charge is 0.328 e. The fourth-order valence-electron chi connectivity index (χ4n) is 3.96. The molecule has 1 fully saturated rings. The van der Waals surface area contributed by atoms with E-state index in [0.29, 0.717) is 12.0 Å². The van der Waals surface area contributed by atoms with E-state index in [2.05, 4.69) is 35.4 Å². The van der Waals surface area contributed by atoms with Gasteiger partial charge < -0.3 is 4.98 Å². The van der Waals surface area contributed by atoms with Crippen LogP contribution in [0.3, 0.4) is 0 Å². The number of aromatic amines is 1. The molecule has 2 aromatic heterocycles. The van der Waals surface area contributed by atoms with E-state index in [0.717, 1.165) is 28.3 Å². The van der Waals surface area contributed by atoms with E-state index >= 15 is 0 Å². The summed E-state index contributed by atoms with van der Waals surface area (Å²) in [4.78, 5) is 3.39. The number of hydrogen-bond donors (Lipinski definition) is 1. The summed E-state index contributed by atoms with van der Waals surface area (Å²) in [6.07, 6.45) is 4.75. The van der Waals surface area contributed by atoms with Gasteiger partial charge in [-0.25, -0.2) is 0 Å². The third-order valence-corrected chi connectivity index (χ3v) is 5.44. The van der Waals surface area contributed by atoms with Gasteiger partial charge in [0.15, 0.2) is 10.4 Å². The molecule has 3 unspecified atom stereocenters. The highest BCUT2D eigenvalue weighted by Gasteiger charge is 2.34. The zero-order valence-electron chi connectivity index (χ0n) is 12.8. The van der Waals surface area contributed by atoms with Crippen LogP contribution in [0.25, 0.3) is 11.2 Å². The Kier molecular flexibility index (Phi) is 3.48. The van der Waals surface area contributed by atoms with Crippen molar-refractivity contribution in [1.29, 1.82) is 0 Å². The minimum atomic E-state index is 0.515. The minimum Gasteiger partial charge on any atom is -0.328 e. The molecular weight excluding hydrogens is 268 g/mol. The first-order chi connectivity index (χ1) is 9.58. The Labute approximate surface area is 125 Å². The predicted molar refractivity (Wildman–Crippen MR) is 84.5 cm³/mol. The summed E-state index contributed by atoms with van der Waals surface area (Å²) in [6.45, 7) is 6.82. The van der Waals surface area contributed by atoms with Gasteiger partial charge in [0, 0.05) is 13.1 Å². The Bertz CT molecular complexity index is 678. The molecule has 2 heterocycles. The first kappa shape index (κ1) is 13.9. The van der Waals surface area contributed by atoms with Crippen LogP contribution in [-0.2, 0) is 13.5 Å². The number of fused-ring (bicyclic) bond motifs is 1. The van der Waals surface area contributed by atoms with Gasteiger partial charge in [0.2, 0.25) is 0 Å². The van der Waals surface area contributed by atoms with Crippen LogP contribution in [0.15, 0.2) is 0 Å². The molecular formula is C15H24N4S. The third kappa shape index (κ3) is 1.86. The first-order valence-electron chi connectivity index (χ1n) is 7.74. The van der Waals surface area contributed by atoms with Crippen molar-refractivity contribution in [2.75, 3.05) is 0 Å². The van der Waals surface area contributed by atoms with Gasteiger partial charge in [-0.2, -0.15) is 5.10 Å². The molecule has 1 saturated carbocycles. The van der Waals surface area contributed by atoms with Gasteiger partial charge in [-0.05, 0) is 43.3 Å². The van der Waals surface area contributed by atoms with E-state index in [1.165, 1.54) is 24.9 Å². The van der Waals surface area contributed by atoms with E-state index in [1.807, 2.05) is 11.7 Å². The molecule has 3 atom stereocenters. The summed E-state index contributed by atoms with van der Waals surface area (Å²) in [6, 6.07) is 0.515. The number of imidazole rings is 1. The van der Waals surface area contributed by atoms with Crippen molar-refractivity contribution in [3.63, 3.8) is 0 Å². The van der Waals surface area contributed by atoms with E-state index < -0.39 is 0 Å². The second-order valence-corrected chi connectivity index (χ2v) is 6.48. The highest BCUT2D eigenvalue weighted by atomic mass is 32.1. The third-order valence-electron chi connectivity index (χ3n) is 5.14. The number of aryl methyl sites for hydroxylation is 2. The fourth-order valence-corrected chi connectivity index (χ4v) is 4.28. The molecule has 3 rings (SSSR count). The van der Waals surface area contributed by atoms with Crippen LogP contribution in [0.2, 0.25) is 0 Å². The fraction of sp³-hybridized carbons (Fsp3) is 0.733. The Balaban J connectivity index is 2.15. The monoisotopic (exact) mass is 292 g/mol. The Morgan fingerprint density at radius 1 is 1.35 bits per heavy atom. The molecule has 0 spiro atoms. The SMILES string of the molecule is CCc1nn(C)c2c1[nH]c(=S)n2C1CCC(CC)C1C. The van der Waals surface area contributed by atoms with Crippen molar-refractivity contribution in [2.45, 2.75) is 52.5 Å². The van der Waals surface area contributed by atoms with Crippen molar-refractivity contribution in [3.8, 4) is 0 Å². The van der Waals surface area contributed by atoms with Crippen molar-refractivity contribution in [2.24, 2.45) is 18.9 Å². The first-order valence-corrected chi connectivity index (χ1v) is 8.15. The lowest BCUT2D eigenvalue weighted by molar-refractivity contribution is 0.330. The number of aromatic nitrogens is 4. The maximum atomic E-state index is 5.60. The minimum absolute atomic E-state index is 0.515. The standard InChI is InChI=1S/C15H24N4S/c1-5-10-7-8-12(9(10)3)19-14-13(16-15(19)20)11(6-2)17-18(14)4/h9-10,12H,5-8H2,1-4H3,(H,16,20). The molecule has 1 aliphatic rings. The molecule has 0 radical (unpaired) electrons. The Hall–Kier alpha value is -1.10. The molecule has 0 amide bonds. The molecule has 5 heteroatoms. The average Bonchev–Trinajstić information content (AvgIpc) is 3.04. The van der Waals surface area contributed by atoms with Crippen molar-refractivity contribution in [1.82, 2.24) is 19.3 Å². The summed E-state index contributed by atoms with van der Waals surface area (Å²) < 4.78 is 5.18. The zero-order chi connectivity index (χ0) is 14.4. The quantitative estimate of drug-likeness (QED) is 0.869. The molecule has 4 nitrogen and oxygen atoms in total. The number of H-pyrrole nitrogens is 1. The summed E-state index contributed by atoms with van der Waals surface area (Å²) in [5.74, 6) is 1.51. The van der Waals surface area contributed by atoms with Crippen LogP contribution >= 0.6 is 12.2 Å². The molecule has 0 aliphatic heterocycles. The van der Waals surface area contributed by atoms with Crippen LogP contribution in [0, 0.1) is 16.6 Å². The number of nitrogens with zero attached hydrogens (tertiary/aromatic N) is 3. The van der Waals surface area contributed by atoms with Crippen molar-refractivity contribution in [3.05, 3.63) is 10.5 Å². The van der Waals surface area contributed by atoms with Gasteiger partial charge >= 0.3 is 0 Å². The van der Waals surface area contributed by atoms with E-state index in [4.69, 9.17) is 12.2 Å². The molecule has 0 aromatic carbocycles. The number of nitrogens with one attached hydrogen (secondary N) is 1. The molecule has 20 heavy (non-hydrogen) atoms. The average molecular weight is 292 g/mol. The maximum absolute atomic E-state index is 5.60. The summed E-state index contributed by atoms with van der Waals surface area (Å²) in [5.41, 5.74) is 3.41. The molecule has 1 aliphatic carbocycles. The topological polar surface area (TPSA) is 38.5 Å². The van der Waals surface area contributed by atoms with Gasteiger partial charge in [-0.1, -0.05) is 27.2 Å². The smallest absolute Gasteiger partial charge is 0.179 e. The molecule has 110 valence electrons. The van der Waals surface area contributed by atoms with Crippen LogP contribution in [0.1, 0.15) is 51.8 Å². The lowest BCUT2D eigenvalue weighted by atomic mass is 9.93. The lowest BCUT2D eigenvalue weighted by Crippen LogP contribution is -2.17.